The molecule has 2 nitrogen and oxygen atoms in total. The van der Waals surface area contributed by atoms with Crippen molar-refractivity contribution in [3.8, 4) is 0 Å². The van der Waals surface area contributed by atoms with Gasteiger partial charge in [0.25, 0.3) is 0 Å². The van der Waals surface area contributed by atoms with E-state index in [1.165, 1.54) is 86.5 Å². The first-order valence-corrected chi connectivity index (χ1v) is 18.1. The van der Waals surface area contributed by atoms with Crippen LogP contribution < -0.4 is 11.1 Å². The number of nitrogens with two attached hydrogens (primary N) is 1. The van der Waals surface area contributed by atoms with Crippen LogP contribution in [-0.2, 0) is 6.42 Å². The van der Waals surface area contributed by atoms with E-state index in [9.17, 15) is 0 Å². The molecule has 52 heavy (non-hydrogen) atoms. The normalized spacial score (nSPS) is 12.8. The molecule has 0 fully saturated rings. The average molecular weight is 665 g/mol. The van der Waals surface area contributed by atoms with E-state index in [2.05, 4.69) is 181 Å². The highest BCUT2D eigenvalue weighted by atomic mass is 15.0. The van der Waals surface area contributed by atoms with Gasteiger partial charge < -0.3 is 11.1 Å². The van der Waals surface area contributed by atoms with Crippen molar-refractivity contribution in [2.45, 2.75) is 12.6 Å². The first-order chi connectivity index (χ1) is 25.7. The van der Waals surface area contributed by atoms with Crippen molar-refractivity contribution in [1.29, 1.82) is 0 Å². The Kier molecular flexibility index (Phi) is 7.23. The minimum absolute atomic E-state index is 0.403. The molecule has 0 amide bonds. The second-order valence-electron chi connectivity index (χ2n) is 13.8. The summed E-state index contributed by atoms with van der Waals surface area (Å²) in [6.45, 7) is 0. The first kappa shape index (κ1) is 30.4. The summed E-state index contributed by atoms with van der Waals surface area (Å²) < 4.78 is 0. The minimum atomic E-state index is -0.403. The molecule has 1 atom stereocenters. The molecule has 0 spiro atoms. The highest BCUT2D eigenvalue weighted by Gasteiger charge is 2.19. The highest BCUT2D eigenvalue weighted by molar-refractivity contribution is 6.31. The topological polar surface area (TPSA) is 38.0 Å². The van der Waals surface area contributed by atoms with Crippen LogP contribution in [-0.4, -0.2) is 0 Å². The van der Waals surface area contributed by atoms with Crippen LogP contribution in [0.2, 0.25) is 0 Å². The molecule has 0 radical (unpaired) electrons. The van der Waals surface area contributed by atoms with E-state index >= 15 is 0 Å². The Morgan fingerprint density at radius 2 is 0.962 bits per heavy atom. The van der Waals surface area contributed by atoms with E-state index in [0.29, 0.717) is 0 Å². The van der Waals surface area contributed by atoms with E-state index in [1.54, 1.807) is 0 Å². The van der Waals surface area contributed by atoms with Crippen LogP contribution in [0.3, 0.4) is 0 Å². The van der Waals surface area contributed by atoms with E-state index in [1.807, 2.05) is 6.07 Å². The van der Waals surface area contributed by atoms with Crippen LogP contribution in [0.15, 0.2) is 182 Å². The molecule has 0 aliphatic rings. The SMILES string of the molecule is NC(N/C(=C\Cc1cc2c3ccccc3c3ccccc3c2c2ccccc12)c1c2ccccc2cc2ccc3ccccc3c12)c1ccccc1. The fourth-order valence-corrected chi connectivity index (χ4v) is 8.49. The molecule has 0 bridgehead atoms. The molecule has 0 heterocycles. The number of rotatable bonds is 6. The van der Waals surface area contributed by atoms with E-state index < -0.39 is 6.17 Å². The van der Waals surface area contributed by atoms with E-state index in [4.69, 9.17) is 5.73 Å². The molecular weight excluding hydrogens is 629 g/mol. The lowest BCUT2D eigenvalue weighted by Crippen LogP contribution is -2.27. The van der Waals surface area contributed by atoms with Crippen molar-refractivity contribution in [3.05, 3.63) is 199 Å². The molecular formula is C50H36N2. The summed E-state index contributed by atoms with van der Waals surface area (Å²) in [5.41, 5.74) is 11.6. The third kappa shape index (κ3) is 4.92. The molecule has 246 valence electrons. The Balaban J connectivity index is 1.26. The molecule has 0 aromatic heterocycles. The van der Waals surface area contributed by atoms with Crippen molar-refractivity contribution >= 4 is 81.1 Å². The first-order valence-electron chi connectivity index (χ1n) is 18.1. The standard InChI is InChI=1S/C50H36N2/c51-50(33-15-2-1-3-16-33)52-46(49-39-20-7-5-17-34(39)30-36-27-26-32-14-4-6-19-38(32)47(36)49)29-28-35-31-45-42-23-10-9-21-40(42)41-22-11-13-25-44(41)48(45)43-24-12-8-18-37(35)43/h1-27,29-31,50,52H,28,51H2/b46-29-. The second-order valence-corrected chi connectivity index (χ2v) is 13.8. The zero-order valence-corrected chi connectivity index (χ0v) is 28.7. The molecule has 1 unspecified atom stereocenters. The third-order valence-corrected chi connectivity index (χ3v) is 10.9. The molecule has 10 aromatic carbocycles. The van der Waals surface area contributed by atoms with Gasteiger partial charge in [0, 0.05) is 11.3 Å². The Bertz CT molecular complexity index is 3030. The number of allylic oxidation sites excluding steroid dienone is 1. The average Bonchev–Trinajstić information content (AvgIpc) is 3.21. The van der Waals surface area contributed by atoms with Crippen molar-refractivity contribution in [2.24, 2.45) is 5.73 Å². The summed E-state index contributed by atoms with van der Waals surface area (Å²) in [5.74, 6) is 0. The molecule has 10 aromatic rings. The van der Waals surface area contributed by atoms with Crippen molar-refractivity contribution in [3.63, 3.8) is 0 Å². The van der Waals surface area contributed by atoms with Crippen LogP contribution >= 0.6 is 0 Å². The second kappa shape index (κ2) is 12.4. The Morgan fingerprint density at radius 1 is 0.442 bits per heavy atom. The summed E-state index contributed by atoms with van der Waals surface area (Å²) in [5, 5.41) is 21.4. The smallest absolute Gasteiger partial charge is 0.101 e. The zero-order chi connectivity index (χ0) is 34.6. The van der Waals surface area contributed by atoms with Crippen LogP contribution in [0.5, 0.6) is 0 Å². The molecule has 10 rings (SSSR count). The largest absolute Gasteiger partial charge is 0.366 e. The van der Waals surface area contributed by atoms with Gasteiger partial charge in [0.05, 0.1) is 0 Å². The lowest BCUT2D eigenvalue weighted by atomic mass is 9.88. The van der Waals surface area contributed by atoms with Gasteiger partial charge in [-0.25, -0.2) is 0 Å². The van der Waals surface area contributed by atoms with Crippen molar-refractivity contribution in [1.82, 2.24) is 5.32 Å². The molecule has 0 aliphatic carbocycles. The van der Waals surface area contributed by atoms with Gasteiger partial charge in [-0.15, -0.1) is 0 Å². The maximum Gasteiger partial charge on any atom is 0.101 e. The minimum Gasteiger partial charge on any atom is -0.366 e. The molecule has 0 saturated heterocycles. The molecule has 2 heteroatoms. The fraction of sp³-hybridized carbons (Fsp3) is 0.0400. The number of benzene rings is 10. The summed E-state index contributed by atoms with van der Waals surface area (Å²) in [4.78, 5) is 0. The summed E-state index contributed by atoms with van der Waals surface area (Å²) in [7, 11) is 0. The van der Waals surface area contributed by atoms with Gasteiger partial charge in [0.15, 0.2) is 0 Å². The Morgan fingerprint density at radius 3 is 1.69 bits per heavy atom. The molecule has 0 aliphatic heterocycles. The Labute approximate surface area is 302 Å². The maximum absolute atomic E-state index is 7.03. The van der Waals surface area contributed by atoms with Crippen molar-refractivity contribution in [2.75, 3.05) is 0 Å². The number of hydrogen-bond donors (Lipinski definition) is 2. The molecule has 3 N–H and O–H groups in total. The molecule has 0 saturated carbocycles. The van der Waals surface area contributed by atoms with Gasteiger partial charge in [-0.3, -0.25) is 0 Å². The van der Waals surface area contributed by atoms with Gasteiger partial charge in [0.1, 0.15) is 6.17 Å². The highest BCUT2D eigenvalue weighted by Crippen LogP contribution is 2.41. The van der Waals surface area contributed by atoms with Crippen LogP contribution in [0.25, 0.3) is 81.1 Å². The van der Waals surface area contributed by atoms with Crippen LogP contribution in [0, 0.1) is 0 Å². The quantitative estimate of drug-likeness (QED) is 0.105. The maximum atomic E-state index is 7.03. The fourth-order valence-electron chi connectivity index (χ4n) is 8.49. The Hall–Kier alpha value is -6.48. The summed E-state index contributed by atoms with van der Waals surface area (Å²) in [6, 6.07) is 63.6. The van der Waals surface area contributed by atoms with Gasteiger partial charge in [0.2, 0.25) is 0 Å². The van der Waals surface area contributed by atoms with Gasteiger partial charge in [-0.2, -0.15) is 0 Å². The van der Waals surface area contributed by atoms with Gasteiger partial charge in [-0.1, -0.05) is 170 Å². The predicted octanol–water partition coefficient (Wildman–Crippen LogP) is 12.6. The number of hydrogen-bond acceptors (Lipinski definition) is 2. The lowest BCUT2D eigenvalue weighted by molar-refractivity contribution is 0.667. The lowest BCUT2D eigenvalue weighted by Gasteiger charge is -2.23. The van der Waals surface area contributed by atoms with E-state index in [-0.39, 0.29) is 0 Å². The van der Waals surface area contributed by atoms with Gasteiger partial charge in [-0.05, 0) is 105 Å². The summed E-state index contributed by atoms with van der Waals surface area (Å²) >= 11 is 0. The number of nitrogens with one attached hydrogen (secondary N) is 1. The van der Waals surface area contributed by atoms with Gasteiger partial charge >= 0.3 is 0 Å². The van der Waals surface area contributed by atoms with Crippen LogP contribution in [0.4, 0.5) is 0 Å². The van der Waals surface area contributed by atoms with E-state index in [0.717, 1.165) is 17.7 Å². The zero-order valence-electron chi connectivity index (χ0n) is 28.7. The number of fused-ring (bicyclic) bond motifs is 12. The monoisotopic (exact) mass is 664 g/mol. The van der Waals surface area contributed by atoms with Crippen molar-refractivity contribution < 1.29 is 0 Å². The predicted molar refractivity (Wildman–Crippen MR) is 224 cm³/mol. The third-order valence-electron chi connectivity index (χ3n) is 10.9. The summed E-state index contributed by atoms with van der Waals surface area (Å²) in [6.07, 6.45) is 2.69. The van der Waals surface area contributed by atoms with Crippen LogP contribution in [0.1, 0.15) is 22.9 Å².